The standard InChI is InChI=1S/C11H12BrN3O2/c1-4-8(5-2)14-11-10(12)7(3)9(6-13-11)15(16)17/h1,6,8H,5H2,2-3H3,(H,13,14). The molecule has 0 radical (unpaired) electrons. The third-order valence-electron chi connectivity index (χ3n) is 2.35. The summed E-state index contributed by atoms with van der Waals surface area (Å²) in [5, 5.41) is 13.7. The molecule has 0 amide bonds. The Labute approximate surface area is 108 Å². The van der Waals surface area contributed by atoms with E-state index in [1.165, 1.54) is 6.20 Å². The van der Waals surface area contributed by atoms with E-state index < -0.39 is 4.92 Å². The predicted molar refractivity (Wildman–Crippen MR) is 69.9 cm³/mol. The maximum Gasteiger partial charge on any atom is 0.291 e. The van der Waals surface area contributed by atoms with E-state index in [-0.39, 0.29) is 11.7 Å². The Balaban J connectivity index is 3.09. The molecular weight excluding hydrogens is 286 g/mol. The van der Waals surface area contributed by atoms with Gasteiger partial charge in [0.25, 0.3) is 5.69 Å². The summed E-state index contributed by atoms with van der Waals surface area (Å²) in [6, 6.07) is -0.139. The average molecular weight is 298 g/mol. The van der Waals surface area contributed by atoms with Crippen molar-refractivity contribution in [2.24, 2.45) is 0 Å². The van der Waals surface area contributed by atoms with Crippen LogP contribution in [0.15, 0.2) is 10.7 Å². The molecule has 0 saturated heterocycles. The zero-order valence-corrected chi connectivity index (χ0v) is 11.1. The van der Waals surface area contributed by atoms with Gasteiger partial charge in [-0.1, -0.05) is 12.8 Å². The molecule has 1 aromatic rings. The summed E-state index contributed by atoms with van der Waals surface area (Å²) in [4.78, 5) is 14.2. The van der Waals surface area contributed by atoms with Crippen LogP contribution >= 0.6 is 15.9 Å². The first kappa shape index (κ1) is 13.5. The molecule has 1 rings (SSSR count). The summed E-state index contributed by atoms with van der Waals surface area (Å²) < 4.78 is 0.570. The quantitative estimate of drug-likeness (QED) is 0.527. The first-order valence-corrected chi connectivity index (χ1v) is 5.82. The average Bonchev–Trinajstić information content (AvgIpc) is 2.30. The minimum absolute atomic E-state index is 0.0174. The highest BCUT2D eigenvalue weighted by Crippen LogP contribution is 2.30. The Morgan fingerprint density at radius 2 is 2.41 bits per heavy atom. The van der Waals surface area contributed by atoms with Crippen molar-refractivity contribution < 1.29 is 4.92 Å². The van der Waals surface area contributed by atoms with Crippen molar-refractivity contribution >= 4 is 27.4 Å². The number of nitro groups is 1. The summed E-state index contributed by atoms with van der Waals surface area (Å²) in [5.41, 5.74) is 0.510. The minimum Gasteiger partial charge on any atom is -0.356 e. The van der Waals surface area contributed by atoms with E-state index >= 15 is 0 Å². The highest BCUT2D eigenvalue weighted by atomic mass is 79.9. The van der Waals surface area contributed by atoms with Crippen molar-refractivity contribution in [1.29, 1.82) is 0 Å². The van der Waals surface area contributed by atoms with Crippen molar-refractivity contribution in [3.63, 3.8) is 0 Å². The van der Waals surface area contributed by atoms with Crippen molar-refractivity contribution in [2.45, 2.75) is 26.3 Å². The third-order valence-corrected chi connectivity index (χ3v) is 3.32. The van der Waals surface area contributed by atoms with Crippen LogP contribution in [0.25, 0.3) is 0 Å². The first-order chi connectivity index (χ1) is 8.01. The van der Waals surface area contributed by atoms with Gasteiger partial charge in [0.1, 0.15) is 12.0 Å². The van der Waals surface area contributed by atoms with Gasteiger partial charge < -0.3 is 5.32 Å². The fourth-order valence-corrected chi connectivity index (χ4v) is 1.70. The van der Waals surface area contributed by atoms with Crippen LogP contribution in [0.2, 0.25) is 0 Å². The normalized spacial score (nSPS) is 11.6. The molecule has 0 spiro atoms. The summed E-state index contributed by atoms with van der Waals surface area (Å²) in [6.45, 7) is 3.61. The molecule has 1 heterocycles. The molecule has 17 heavy (non-hydrogen) atoms. The van der Waals surface area contributed by atoms with Crippen LogP contribution in [-0.4, -0.2) is 15.9 Å². The Morgan fingerprint density at radius 3 is 2.88 bits per heavy atom. The molecule has 0 fully saturated rings. The number of halogens is 1. The molecule has 1 N–H and O–H groups in total. The van der Waals surface area contributed by atoms with Gasteiger partial charge in [-0.05, 0) is 29.3 Å². The van der Waals surface area contributed by atoms with Gasteiger partial charge in [0.05, 0.1) is 15.4 Å². The Morgan fingerprint density at radius 1 is 1.76 bits per heavy atom. The van der Waals surface area contributed by atoms with Gasteiger partial charge in [0.15, 0.2) is 0 Å². The van der Waals surface area contributed by atoms with Crippen molar-refractivity contribution in [3.05, 3.63) is 26.3 Å². The molecule has 0 saturated carbocycles. The highest BCUT2D eigenvalue weighted by molar-refractivity contribution is 9.10. The van der Waals surface area contributed by atoms with Gasteiger partial charge >= 0.3 is 0 Å². The molecule has 6 heteroatoms. The van der Waals surface area contributed by atoms with Gasteiger partial charge in [-0.2, -0.15) is 0 Å². The van der Waals surface area contributed by atoms with E-state index in [0.29, 0.717) is 15.9 Å². The maximum atomic E-state index is 10.7. The monoisotopic (exact) mass is 297 g/mol. The van der Waals surface area contributed by atoms with Crippen LogP contribution < -0.4 is 5.32 Å². The fourth-order valence-electron chi connectivity index (χ4n) is 1.28. The topological polar surface area (TPSA) is 68.1 Å². The summed E-state index contributed by atoms with van der Waals surface area (Å²) in [7, 11) is 0. The van der Waals surface area contributed by atoms with Crippen molar-refractivity contribution in [2.75, 3.05) is 5.32 Å². The van der Waals surface area contributed by atoms with E-state index in [9.17, 15) is 10.1 Å². The van der Waals surface area contributed by atoms with Crippen LogP contribution in [-0.2, 0) is 0 Å². The van der Waals surface area contributed by atoms with Gasteiger partial charge in [-0.3, -0.25) is 10.1 Å². The van der Waals surface area contributed by atoms with Gasteiger partial charge in [0, 0.05) is 5.56 Å². The van der Waals surface area contributed by atoms with Crippen molar-refractivity contribution in [3.8, 4) is 12.3 Å². The van der Waals surface area contributed by atoms with Gasteiger partial charge in [-0.15, -0.1) is 6.42 Å². The molecule has 0 bridgehead atoms. The Hall–Kier alpha value is -1.61. The number of anilines is 1. The Kier molecular flexibility index (Phi) is 4.46. The lowest BCUT2D eigenvalue weighted by Crippen LogP contribution is -2.17. The number of nitrogens with zero attached hydrogens (tertiary/aromatic N) is 2. The molecule has 1 unspecified atom stereocenters. The van der Waals surface area contributed by atoms with Crippen LogP contribution in [0.5, 0.6) is 0 Å². The first-order valence-electron chi connectivity index (χ1n) is 5.03. The Bertz CT molecular complexity index is 482. The molecule has 1 aromatic heterocycles. The SMILES string of the molecule is C#CC(CC)Nc1ncc([N+](=O)[O-])c(C)c1Br. The molecule has 0 aromatic carbocycles. The number of hydrogen-bond donors (Lipinski definition) is 1. The summed E-state index contributed by atoms with van der Waals surface area (Å²) in [6.07, 6.45) is 7.31. The molecule has 90 valence electrons. The lowest BCUT2D eigenvalue weighted by atomic mass is 10.2. The van der Waals surface area contributed by atoms with E-state index in [1.807, 2.05) is 6.92 Å². The number of pyridine rings is 1. The number of rotatable bonds is 4. The lowest BCUT2D eigenvalue weighted by Gasteiger charge is -2.13. The van der Waals surface area contributed by atoms with E-state index in [0.717, 1.165) is 6.42 Å². The zero-order chi connectivity index (χ0) is 13.0. The van der Waals surface area contributed by atoms with Gasteiger partial charge in [-0.25, -0.2) is 4.98 Å². The van der Waals surface area contributed by atoms with Crippen molar-refractivity contribution in [1.82, 2.24) is 4.98 Å². The molecule has 0 aliphatic heterocycles. The largest absolute Gasteiger partial charge is 0.356 e. The number of terminal acetylenes is 1. The lowest BCUT2D eigenvalue weighted by molar-refractivity contribution is -0.385. The number of hydrogen-bond acceptors (Lipinski definition) is 4. The minimum atomic E-state index is -0.463. The second kappa shape index (κ2) is 5.64. The van der Waals surface area contributed by atoms with Crippen LogP contribution in [0, 0.1) is 29.4 Å². The molecule has 0 aliphatic carbocycles. The van der Waals surface area contributed by atoms with Crippen LogP contribution in [0.4, 0.5) is 11.5 Å². The molecular formula is C11H12BrN3O2. The van der Waals surface area contributed by atoms with Gasteiger partial charge in [0.2, 0.25) is 0 Å². The predicted octanol–water partition coefficient (Wildman–Crippen LogP) is 2.88. The van der Waals surface area contributed by atoms with E-state index in [4.69, 9.17) is 6.42 Å². The highest BCUT2D eigenvalue weighted by Gasteiger charge is 2.17. The second-order valence-electron chi connectivity index (χ2n) is 3.46. The maximum absolute atomic E-state index is 10.7. The fraction of sp³-hybridized carbons (Fsp3) is 0.364. The van der Waals surface area contributed by atoms with Crippen LogP contribution in [0.3, 0.4) is 0 Å². The molecule has 1 atom stereocenters. The van der Waals surface area contributed by atoms with E-state index in [2.05, 4.69) is 32.2 Å². The molecule has 5 nitrogen and oxygen atoms in total. The summed E-state index contributed by atoms with van der Waals surface area (Å²) >= 11 is 3.29. The smallest absolute Gasteiger partial charge is 0.291 e. The van der Waals surface area contributed by atoms with Crippen LogP contribution in [0.1, 0.15) is 18.9 Å². The number of aromatic nitrogens is 1. The third kappa shape index (κ3) is 2.94. The molecule has 0 aliphatic rings. The number of nitrogens with one attached hydrogen (secondary N) is 1. The summed E-state index contributed by atoms with van der Waals surface area (Å²) in [5.74, 6) is 3.10. The van der Waals surface area contributed by atoms with E-state index in [1.54, 1.807) is 6.92 Å². The second-order valence-corrected chi connectivity index (χ2v) is 4.25. The zero-order valence-electron chi connectivity index (χ0n) is 9.53.